The van der Waals surface area contributed by atoms with E-state index in [-0.39, 0.29) is 11.8 Å². The first-order chi connectivity index (χ1) is 12.7. The van der Waals surface area contributed by atoms with E-state index in [1.807, 2.05) is 34.5 Å². The fourth-order valence-corrected chi connectivity index (χ4v) is 4.27. The van der Waals surface area contributed by atoms with Crippen molar-refractivity contribution >= 4 is 38.9 Å². The summed E-state index contributed by atoms with van der Waals surface area (Å²) in [6, 6.07) is 15.0. The second-order valence-corrected chi connectivity index (χ2v) is 7.44. The van der Waals surface area contributed by atoms with Gasteiger partial charge in [0.25, 0.3) is 11.8 Å². The number of nitrogens with one attached hydrogen (secondary N) is 1. The van der Waals surface area contributed by atoms with Gasteiger partial charge in [-0.3, -0.25) is 9.59 Å². The molecule has 1 fully saturated rings. The highest BCUT2D eigenvalue weighted by atomic mass is 32.1. The van der Waals surface area contributed by atoms with E-state index in [0.29, 0.717) is 16.8 Å². The summed E-state index contributed by atoms with van der Waals surface area (Å²) in [5.41, 5.74) is 2.05. The lowest BCUT2D eigenvalue weighted by Crippen LogP contribution is -2.35. The van der Waals surface area contributed by atoms with Gasteiger partial charge < -0.3 is 10.2 Å². The number of thiophene rings is 1. The Bertz CT molecular complexity index is 940. The molecule has 2 aromatic carbocycles. The highest BCUT2D eigenvalue weighted by molar-refractivity contribution is 7.17. The lowest BCUT2D eigenvalue weighted by molar-refractivity contribution is 0.0724. The summed E-state index contributed by atoms with van der Waals surface area (Å²) in [6.07, 6.45) is 3.36. The molecule has 132 valence electrons. The molecule has 1 saturated heterocycles. The van der Waals surface area contributed by atoms with Crippen molar-refractivity contribution < 1.29 is 9.59 Å². The Morgan fingerprint density at radius 1 is 0.923 bits per heavy atom. The SMILES string of the molecule is O=C(Nc1ccc(C(=O)N2CCCCC2)cc1)c1csc2ccccc12. The molecule has 0 atom stereocenters. The van der Waals surface area contributed by atoms with Gasteiger partial charge in [0.15, 0.2) is 0 Å². The Hall–Kier alpha value is -2.66. The van der Waals surface area contributed by atoms with Crippen LogP contribution in [0.1, 0.15) is 40.0 Å². The van der Waals surface area contributed by atoms with Gasteiger partial charge in [-0.2, -0.15) is 0 Å². The number of rotatable bonds is 3. The van der Waals surface area contributed by atoms with Crippen LogP contribution in [0.3, 0.4) is 0 Å². The van der Waals surface area contributed by atoms with E-state index >= 15 is 0 Å². The molecule has 3 aromatic rings. The van der Waals surface area contributed by atoms with E-state index in [2.05, 4.69) is 5.32 Å². The topological polar surface area (TPSA) is 49.4 Å². The molecule has 0 radical (unpaired) electrons. The first-order valence-corrected chi connectivity index (χ1v) is 9.77. The predicted molar refractivity (Wildman–Crippen MR) is 106 cm³/mol. The first kappa shape index (κ1) is 16.8. The maximum Gasteiger partial charge on any atom is 0.257 e. The monoisotopic (exact) mass is 364 g/mol. The zero-order chi connectivity index (χ0) is 17.9. The minimum Gasteiger partial charge on any atom is -0.339 e. The number of piperidine rings is 1. The van der Waals surface area contributed by atoms with Crippen molar-refractivity contribution in [2.75, 3.05) is 18.4 Å². The Balaban J connectivity index is 1.47. The van der Waals surface area contributed by atoms with Gasteiger partial charge >= 0.3 is 0 Å². The number of benzene rings is 2. The van der Waals surface area contributed by atoms with Crippen molar-refractivity contribution in [3.8, 4) is 0 Å². The van der Waals surface area contributed by atoms with Crippen molar-refractivity contribution in [1.82, 2.24) is 4.90 Å². The van der Waals surface area contributed by atoms with E-state index in [1.165, 1.54) is 6.42 Å². The van der Waals surface area contributed by atoms with Crippen LogP contribution in [-0.2, 0) is 0 Å². The van der Waals surface area contributed by atoms with Gasteiger partial charge in [0.2, 0.25) is 0 Å². The highest BCUT2D eigenvalue weighted by Crippen LogP contribution is 2.26. The Labute approximate surface area is 156 Å². The molecule has 1 aliphatic rings. The molecule has 1 aromatic heterocycles. The molecule has 26 heavy (non-hydrogen) atoms. The van der Waals surface area contributed by atoms with Crippen LogP contribution in [-0.4, -0.2) is 29.8 Å². The average molecular weight is 364 g/mol. The van der Waals surface area contributed by atoms with Crippen LogP contribution >= 0.6 is 11.3 Å². The normalized spacial score (nSPS) is 14.4. The molecule has 1 aliphatic heterocycles. The molecule has 0 spiro atoms. The van der Waals surface area contributed by atoms with Gasteiger partial charge in [-0.15, -0.1) is 11.3 Å². The fraction of sp³-hybridized carbons (Fsp3) is 0.238. The van der Waals surface area contributed by atoms with E-state index in [1.54, 1.807) is 35.6 Å². The highest BCUT2D eigenvalue weighted by Gasteiger charge is 2.18. The molecule has 0 saturated carbocycles. The maximum atomic E-state index is 12.6. The summed E-state index contributed by atoms with van der Waals surface area (Å²) in [5.74, 6) is -0.0519. The lowest BCUT2D eigenvalue weighted by Gasteiger charge is -2.26. The summed E-state index contributed by atoms with van der Waals surface area (Å²) in [7, 11) is 0. The van der Waals surface area contributed by atoms with Crippen LogP contribution in [0.4, 0.5) is 5.69 Å². The van der Waals surface area contributed by atoms with Gasteiger partial charge in [0.05, 0.1) is 5.56 Å². The zero-order valence-corrected chi connectivity index (χ0v) is 15.2. The standard InChI is InChI=1S/C21H20N2O2S/c24-20(18-14-26-19-7-3-2-6-17(18)19)22-16-10-8-15(9-11-16)21(25)23-12-4-1-5-13-23/h2-3,6-11,14H,1,4-5,12-13H2,(H,22,24). The van der Waals surface area contributed by atoms with Gasteiger partial charge in [0.1, 0.15) is 0 Å². The summed E-state index contributed by atoms with van der Waals surface area (Å²) < 4.78 is 1.10. The van der Waals surface area contributed by atoms with Crippen LogP contribution in [0.2, 0.25) is 0 Å². The van der Waals surface area contributed by atoms with Gasteiger partial charge in [-0.25, -0.2) is 0 Å². The molecule has 2 heterocycles. The molecule has 0 unspecified atom stereocenters. The number of fused-ring (bicyclic) bond motifs is 1. The Kier molecular flexibility index (Phi) is 4.71. The lowest BCUT2D eigenvalue weighted by atomic mass is 10.1. The van der Waals surface area contributed by atoms with Crippen LogP contribution in [0.15, 0.2) is 53.9 Å². The number of amides is 2. The van der Waals surface area contributed by atoms with Crippen LogP contribution in [0.5, 0.6) is 0 Å². The number of carbonyl (C=O) groups excluding carboxylic acids is 2. The summed E-state index contributed by atoms with van der Waals surface area (Å²) >= 11 is 1.56. The largest absolute Gasteiger partial charge is 0.339 e. The summed E-state index contributed by atoms with van der Waals surface area (Å²) in [4.78, 5) is 27.0. The molecular formula is C21H20N2O2S. The molecule has 0 aliphatic carbocycles. The van der Waals surface area contributed by atoms with Gasteiger partial charge in [-0.1, -0.05) is 18.2 Å². The Morgan fingerprint density at radius 2 is 1.65 bits per heavy atom. The summed E-state index contributed by atoms with van der Waals surface area (Å²) in [6.45, 7) is 1.67. The van der Waals surface area contributed by atoms with Crippen molar-refractivity contribution in [1.29, 1.82) is 0 Å². The van der Waals surface area contributed by atoms with E-state index in [9.17, 15) is 9.59 Å². The average Bonchev–Trinajstić information content (AvgIpc) is 3.13. The number of hydrogen-bond acceptors (Lipinski definition) is 3. The molecule has 1 N–H and O–H groups in total. The van der Waals surface area contributed by atoms with Crippen LogP contribution in [0, 0.1) is 0 Å². The third kappa shape index (κ3) is 3.35. The minimum atomic E-state index is -0.127. The van der Waals surface area contributed by atoms with Crippen molar-refractivity contribution in [2.24, 2.45) is 0 Å². The van der Waals surface area contributed by atoms with Gasteiger partial charge in [0, 0.05) is 39.8 Å². The fourth-order valence-electron chi connectivity index (χ4n) is 3.33. The second kappa shape index (κ2) is 7.30. The molecule has 0 bridgehead atoms. The molecule has 5 heteroatoms. The smallest absolute Gasteiger partial charge is 0.257 e. The van der Waals surface area contributed by atoms with Crippen molar-refractivity contribution in [3.05, 3.63) is 65.0 Å². The summed E-state index contributed by atoms with van der Waals surface area (Å²) in [5, 5.41) is 5.77. The first-order valence-electron chi connectivity index (χ1n) is 8.89. The van der Waals surface area contributed by atoms with E-state index in [0.717, 1.165) is 36.0 Å². The zero-order valence-electron chi connectivity index (χ0n) is 14.4. The second-order valence-electron chi connectivity index (χ2n) is 6.53. The van der Waals surface area contributed by atoms with Crippen LogP contribution < -0.4 is 5.32 Å². The van der Waals surface area contributed by atoms with Crippen molar-refractivity contribution in [2.45, 2.75) is 19.3 Å². The molecule has 4 rings (SSSR count). The molecular weight excluding hydrogens is 344 g/mol. The number of likely N-dealkylation sites (tertiary alicyclic amines) is 1. The maximum absolute atomic E-state index is 12.6. The van der Waals surface area contributed by atoms with Crippen LogP contribution in [0.25, 0.3) is 10.1 Å². The quantitative estimate of drug-likeness (QED) is 0.727. The third-order valence-electron chi connectivity index (χ3n) is 4.76. The predicted octanol–water partition coefficient (Wildman–Crippen LogP) is 4.78. The number of nitrogens with zero attached hydrogens (tertiary/aromatic N) is 1. The van der Waals surface area contributed by atoms with E-state index in [4.69, 9.17) is 0 Å². The molecule has 2 amide bonds. The Morgan fingerprint density at radius 3 is 2.42 bits per heavy atom. The third-order valence-corrected chi connectivity index (χ3v) is 5.72. The number of hydrogen-bond donors (Lipinski definition) is 1. The minimum absolute atomic E-state index is 0.0754. The number of anilines is 1. The van der Waals surface area contributed by atoms with Crippen molar-refractivity contribution in [3.63, 3.8) is 0 Å². The molecule has 4 nitrogen and oxygen atoms in total. The number of carbonyl (C=O) groups is 2. The van der Waals surface area contributed by atoms with E-state index < -0.39 is 0 Å². The van der Waals surface area contributed by atoms with Gasteiger partial charge in [-0.05, 0) is 49.6 Å².